The van der Waals surface area contributed by atoms with Gasteiger partial charge in [-0.25, -0.2) is 14.6 Å². The number of aromatic carboxylic acids is 1. The van der Waals surface area contributed by atoms with Crippen molar-refractivity contribution in [3.05, 3.63) is 82.4 Å². The van der Waals surface area contributed by atoms with Gasteiger partial charge in [0.1, 0.15) is 5.60 Å². The number of aromatic nitrogens is 1. The van der Waals surface area contributed by atoms with Gasteiger partial charge in [0.25, 0.3) is 0 Å². The van der Waals surface area contributed by atoms with Gasteiger partial charge in [-0.3, -0.25) is 9.80 Å². The van der Waals surface area contributed by atoms with E-state index in [4.69, 9.17) is 21.4 Å². The number of piperidine rings is 1. The second kappa shape index (κ2) is 10.1. The van der Waals surface area contributed by atoms with Crippen LogP contribution in [0.15, 0.2) is 54.7 Å². The summed E-state index contributed by atoms with van der Waals surface area (Å²) in [4.78, 5) is 30.7. The van der Waals surface area contributed by atoms with Gasteiger partial charge in [-0.15, -0.1) is 0 Å². The summed E-state index contributed by atoms with van der Waals surface area (Å²) in [6, 6.07) is 10.9. The number of halogens is 5. The molecule has 3 aromatic rings. The average Bonchev–Trinajstić information content (AvgIpc) is 3.21. The van der Waals surface area contributed by atoms with Gasteiger partial charge in [0.2, 0.25) is 5.95 Å². The van der Waals surface area contributed by atoms with Crippen molar-refractivity contribution >= 4 is 29.4 Å². The minimum Gasteiger partial charge on any atom is -0.478 e. The van der Waals surface area contributed by atoms with Gasteiger partial charge in [0.15, 0.2) is 0 Å². The van der Waals surface area contributed by atoms with Gasteiger partial charge < -0.3 is 9.84 Å². The maximum Gasteiger partial charge on any atom is 0.417 e. The quantitative estimate of drug-likeness (QED) is 0.292. The zero-order valence-electron chi connectivity index (χ0n) is 20.3. The molecule has 12 heteroatoms. The number of amides is 1. The molecule has 0 unspecified atom stereocenters. The first-order chi connectivity index (χ1) is 18.5. The average molecular weight is 564 g/mol. The number of carbonyl (C=O) groups is 2. The summed E-state index contributed by atoms with van der Waals surface area (Å²) < 4.78 is 61.1. The molecule has 1 aromatic heterocycles. The lowest BCUT2D eigenvalue weighted by Gasteiger charge is -2.37. The number of ether oxygens (including phenoxy) is 1. The van der Waals surface area contributed by atoms with Gasteiger partial charge in [0.05, 0.1) is 22.7 Å². The van der Waals surface area contributed by atoms with E-state index in [9.17, 15) is 27.2 Å². The molecule has 1 amide bonds. The van der Waals surface area contributed by atoms with E-state index in [0.29, 0.717) is 31.6 Å². The number of likely N-dealkylation sites (tertiary alicyclic amines) is 1. The number of hydrogen-bond acceptors (Lipinski definition) is 5. The Morgan fingerprint density at radius 3 is 2.41 bits per heavy atom. The molecule has 0 radical (unpaired) electrons. The smallest absolute Gasteiger partial charge is 0.417 e. The van der Waals surface area contributed by atoms with Gasteiger partial charge >= 0.3 is 18.2 Å². The van der Waals surface area contributed by atoms with Crippen LogP contribution in [-0.4, -0.2) is 52.3 Å². The molecule has 0 atom stereocenters. The van der Waals surface area contributed by atoms with E-state index in [-0.39, 0.29) is 35.3 Å². The van der Waals surface area contributed by atoms with E-state index in [2.05, 4.69) is 4.98 Å². The van der Waals surface area contributed by atoms with Crippen LogP contribution < -0.4 is 4.90 Å². The molecule has 1 N–H and O–H groups in total. The fourth-order valence-electron chi connectivity index (χ4n) is 5.03. The standard InChI is InChI=1S/C27H22ClF4N3O4/c28-22-13-20(19-2-1-9-33-23(19)29)17(12-21(22)27(30,31)32)14-34-10-7-26(8-11-34)15-35(25(38)39-26)18-5-3-16(4-6-18)24(36)37/h1-6,9,12-13H,7-8,10-11,14-15H2,(H,36,37). The highest BCUT2D eigenvalue weighted by molar-refractivity contribution is 6.31. The maximum absolute atomic E-state index is 14.5. The Morgan fingerprint density at radius 1 is 1.10 bits per heavy atom. The van der Waals surface area contributed by atoms with Gasteiger partial charge in [0, 0.05) is 49.9 Å². The Morgan fingerprint density at radius 2 is 1.79 bits per heavy atom. The zero-order chi connectivity index (χ0) is 27.9. The van der Waals surface area contributed by atoms with Crippen molar-refractivity contribution in [2.24, 2.45) is 0 Å². The first-order valence-corrected chi connectivity index (χ1v) is 12.4. The van der Waals surface area contributed by atoms with Gasteiger partial charge in [-0.05, 0) is 59.7 Å². The lowest BCUT2D eigenvalue weighted by molar-refractivity contribution is -0.137. The maximum atomic E-state index is 14.5. The number of anilines is 1. The summed E-state index contributed by atoms with van der Waals surface area (Å²) in [6.45, 7) is 1.18. The van der Waals surface area contributed by atoms with Crippen LogP contribution in [0.5, 0.6) is 0 Å². The molecule has 2 saturated heterocycles. The minimum absolute atomic E-state index is 0.0471. The Labute approximate surface area is 225 Å². The molecule has 2 aromatic carbocycles. The number of carboxylic acids is 1. The molecule has 2 aliphatic heterocycles. The van der Waals surface area contributed by atoms with Crippen LogP contribution in [0.1, 0.15) is 34.3 Å². The van der Waals surface area contributed by atoms with Crippen LogP contribution in [0, 0.1) is 5.95 Å². The molecule has 2 aliphatic rings. The number of rotatable bonds is 5. The lowest BCUT2D eigenvalue weighted by Crippen LogP contribution is -2.46. The second-order valence-corrected chi connectivity index (χ2v) is 10.0. The molecule has 7 nitrogen and oxygen atoms in total. The monoisotopic (exact) mass is 563 g/mol. The molecule has 5 rings (SSSR count). The first-order valence-electron chi connectivity index (χ1n) is 12.0. The van der Waals surface area contributed by atoms with Crippen molar-refractivity contribution in [2.45, 2.75) is 31.2 Å². The summed E-state index contributed by atoms with van der Waals surface area (Å²) in [5.74, 6) is -1.90. The van der Waals surface area contributed by atoms with E-state index in [0.717, 1.165) is 12.1 Å². The Hall–Kier alpha value is -3.70. The lowest BCUT2D eigenvalue weighted by atomic mass is 9.90. The normalized spacial score (nSPS) is 17.5. The molecule has 3 heterocycles. The fraction of sp³-hybridized carbons (Fsp3) is 0.296. The largest absolute Gasteiger partial charge is 0.478 e. The number of carboxylic acid groups (broad SMARTS) is 1. The molecule has 204 valence electrons. The summed E-state index contributed by atoms with van der Waals surface area (Å²) in [5.41, 5.74) is -0.667. The van der Waals surface area contributed by atoms with Crippen LogP contribution in [-0.2, 0) is 17.5 Å². The number of carbonyl (C=O) groups excluding carboxylic acids is 1. The zero-order valence-corrected chi connectivity index (χ0v) is 21.1. The van der Waals surface area contributed by atoms with Crippen LogP contribution in [0.3, 0.4) is 0 Å². The topological polar surface area (TPSA) is 83.0 Å². The Balaban J connectivity index is 1.34. The fourth-order valence-corrected chi connectivity index (χ4v) is 5.30. The van der Waals surface area contributed by atoms with Crippen molar-refractivity contribution in [3.8, 4) is 11.1 Å². The molecule has 1 spiro atoms. The highest BCUT2D eigenvalue weighted by atomic mass is 35.5. The number of benzene rings is 2. The summed E-state index contributed by atoms with van der Waals surface area (Å²) >= 11 is 5.96. The van der Waals surface area contributed by atoms with Crippen LogP contribution in [0.25, 0.3) is 11.1 Å². The van der Waals surface area contributed by atoms with Crippen LogP contribution in [0.4, 0.5) is 28.0 Å². The number of hydrogen-bond donors (Lipinski definition) is 1. The van der Waals surface area contributed by atoms with E-state index < -0.39 is 40.4 Å². The minimum atomic E-state index is -4.69. The van der Waals surface area contributed by atoms with Gasteiger partial charge in [-0.1, -0.05) is 11.6 Å². The van der Waals surface area contributed by atoms with Gasteiger partial charge in [-0.2, -0.15) is 17.6 Å². The third kappa shape index (κ3) is 5.41. The second-order valence-electron chi connectivity index (χ2n) is 9.59. The van der Waals surface area contributed by atoms with E-state index >= 15 is 0 Å². The predicted molar refractivity (Wildman–Crippen MR) is 134 cm³/mol. The molecular formula is C27H22ClF4N3O4. The number of nitrogens with zero attached hydrogens (tertiary/aromatic N) is 3. The highest BCUT2D eigenvalue weighted by Crippen LogP contribution is 2.41. The molecule has 2 fully saturated rings. The molecule has 39 heavy (non-hydrogen) atoms. The van der Waals surface area contributed by atoms with Crippen molar-refractivity contribution in [1.29, 1.82) is 0 Å². The molecule has 0 aliphatic carbocycles. The van der Waals surface area contributed by atoms with Crippen molar-refractivity contribution in [1.82, 2.24) is 9.88 Å². The highest BCUT2D eigenvalue weighted by Gasteiger charge is 2.47. The van der Waals surface area contributed by atoms with Crippen molar-refractivity contribution in [2.75, 3.05) is 24.5 Å². The summed E-state index contributed by atoms with van der Waals surface area (Å²) in [6.07, 6.45) is -3.12. The number of alkyl halides is 3. The third-order valence-corrected chi connectivity index (χ3v) is 7.42. The first kappa shape index (κ1) is 26.9. The Kier molecular flexibility index (Phi) is 6.98. The van der Waals surface area contributed by atoms with Crippen LogP contribution >= 0.6 is 11.6 Å². The third-order valence-electron chi connectivity index (χ3n) is 7.11. The SMILES string of the molecule is O=C(O)c1ccc(N2CC3(CCN(Cc4cc(C(F)(F)F)c(Cl)cc4-c4cccnc4F)CC3)OC2=O)cc1. The Bertz CT molecular complexity index is 1420. The summed E-state index contributed by atoms with van der Waals surface area (Å²) in [5, 5.41) is 8.56. The van der Waals surface area contributed by atoms with E-state index in [1.807, 2.05) is 4.90 Å². The van der Waals surface area contributed by atoms with Crippen molar-refractivity contribution < 1.29 is 37.0 Å². The number of pyridine rings is 1. The molecule has 0 saturated carbocycles. The molecule has 0 bridgehead atoms. The summed E-state index contributed by atoms with van der Waals surface area (Å²) in [7, 11) is 0. The predicted octanol–water partition coefficient (Wildman–Crippen LogP) is 6.25. The van der Waals surface area contributed by atoms with Crippen molar-refractivity contribution in [3.63, 3.8) is 0 Å². The van der Waals surface area contributed by atoms with E-state index in [1.165, 1.54) is 47.5 Å². The van der Waals surface area contributed by atoms with Crippen LogP contribution in [0.2, 0.25) is 5.02 Å². The van der Waals surface area contributed by atoms with E-state index in [1.54, 1.807) is 0 Å². The molecular weight excluding hydrogens is 542 g/mol.